The highest BCUT2D eigenvalue weighted by Gasteiger charge is 2.30. The predicted octanol–water partition coefficient (Wildman–Crippen LogP) is 4.36. The highest BCUT2D eigenvalue weighted by molar-refractivity contribution is 6.31. The first kappa shape index (κ1) is 22.2. The summed E-state index contributed by atoms with van der Waals surface area (Å²) in [6, 6.07) is 15.6. The summed E-state index contributed by atoms with van der Waals surface area (Å²) in [6.45, 7) is 5.70. The number of nitrogens with zero attached hydrogens (tertiary/aromatic N) is 5. The average molecular weight is 476 g/mol. The number of aromatic nitrogens is 4. The molecule has 1 aliphatic rings. The van der Waals surface area contributed by atoms with E-state index in [1.54, 1.807) is 7.05 Å². The predicted molar refractivity (Wildman–Crippen MR) is 137 cm³/mol. The SMILES string of the molecule is Cc1c(Cl)cccc1N1CC(C)Cn2c1nc1c2c(=O)n(CC=Cc2ccccc2)c(=O)n1C. The molecule has 0 aliphatic carbocycles. The van der Waals surface area contributed by atoms with Crippen LogP contribution in [0, 0.1) is 12.8 Å². The van der Waals surface area contributed by atoms with Crippen LogP contribution in [0.4, 0.5) is 11.6 Å². The van der Waals surface area contributed by atoms with Crippen LogP contribution in [0.2, 0.25) is 5.02 Å². The van der Waals surface area contributed by atoms with Gasteiger partial charge >= 0.3 is 5.69 Å². The zero-order valence-electron chi connectivity index (χ0n) is 19.4. The van der Waals surface area contributed by atoms with Crippen molar-refractivity contribution >= 4 is 40.5 Å². The van der Waals surface area contributed by atoms with E-state index in [4.69, 9.17) is 16.6 Å². The quantitative estimate of drug-likeness (QED) is 0.440. The van der Waals surface area contributed by atoms with Crippen LogP contribution in [-0.4, -0.2) is 25.2 Å². The van der Waals surface area contributed by atoms with Crippen LogP contribution < -0.4 is 16.1 Å². The van der Waals surface area contributed by atoms with E-state index in [-0.39, 0.29) is 23.7 Å². The van der Waals surface area contributed by atoms with Gasteiger partial charge in [-0.15, -0.1) is 0 Å². The molecule has 7 nitrogen and oxygen atoms in total. The summed E-state index contributed by atoms with van der Waals surface area (Å²) >= 11 is 6.40. The maximum absolute atomic E-state index is 13.6. The number of hydrogen-bond donors (Lipinski definition) is 0. The molecule has 2 aromatic carbocycles. The Morgan fingerprint density at radius 2 is 1.85 bits per heavy atom. The monoisotopic (exact) mass is 475 g/mol. The number of anilines is 2. The molecule has 1 unspecified atom stereocenters. The minimum atomic E-state index is -0.385. The zero-order chi connectivity index (χ0) is 24.0. The lowest BCUT2D eigenvalue weighted by Crippen LogP contribution is -2.40. The van der Waals surface area contributed by atoms with Crippen molar-refractivity contribution in [1.82, 2.24) is 18.7 Å². The molecule has 1 atom stereocenters. The van der Waals surface area contributed by atoms with Crippen LogP contribution in [0.15, 0.2) is 64.2 Å². The van der Waals surface area contributed by atoms with Crippen molar-refractivity contribution in [3.8, 4) is 0 Å². The molecule has 2 aromatic heterocycles. The Bertz CT molecular complexity index is 1530. The van der Waals surface area contributed by atoms with Gasteiger partial charge in [0.25, 0.3) is 5.56 Å². The molecule has 0 spiro atoms. The molecule has 0 saturated carbocycles. The smallest absolute Gasteiger partial charge is 0.311 e. The van der Waals surface area contributed by atoms with E-state index in [1.807, 2.05) is 72.2 Å². The standard InChI is InChI=1S/C26H26ClN5O2/c1-17-15-31(21-13-7-12-20(27)18(21)2)25-28-23-22(32(25)16-17)24(33)30(26(34)29(23)3)14-8-11-19-9-5-4-6-10-19/h4-13,17H,14-16H2,1-3H3. The molecule has 0 N–H and O–H groups in total. The average Bonchev–Trinajstić information content (AvgIpc) is 3.21. The number of rotatable bonds is 4. The Labute approximate surface area is 202 Å². The molecule has 174 valence electrons. The Kier molecular flexibility index (Phi) is 5.65. The second-order valence-corrected chi connectivity index (χ2v) is 9.27. The first-order valence-corrected chi connectivity index (χ1v) is 11.7. The lowest BCUT2D eigenvalue weighted by molar-refractivity contribution is 0.457. The normalized spacial score (nSPS) is 15.9. The fourth-order valence-corrected chi connectivity index (χ4v) is 4.79. The van der Waals surface area contributed by atoms with Gasteiger partial charge in [-0.1, -0.05) is 67.1 Å². The van der Waals surface area contributed by atoms with E-state index >= 15 is 0 Å². The fourth-order valence-electron chi connectivity index (χ4n) is 4.62. The van der Waals surface area contributed by atoms with Gasteiger partial charge in [0.2, 0.25) is 5.95 Å². The minimum absolute atomic E-state index is 0.184. The molecular formula is C26H26ClN5O2. The number of hydrogen-bond acceptors (Lipinski definition) is 4. The molecule has 0 saturated heterocycles. The van der Waals surface area contributed by atoms with Crippen molar-refractivity contribution in [2.24, 2.45) is 13.0 Å². The van der Waals surface area contributed by atoms with Crippen LogP contribution in [0.5, 0.6) is 0 Å². The van der Waals surface area contributed by atoms with Gasteiger partial charge in [0.15, 0.2) is 11.2 Å². The first-order chi connectivity index (χ1) is 16.4. The van der Waals surface area contributed by atoms with Crippen LogP contribution in [0.1, 0.15) is 18.1 Å². The van der Waals surface area contributed by atoms with Gasteiger partial charge in [0, 0.05) is 37.4 Å². The van der Waals surface area contributed by atoms with E-state index < -0.39 is 0 Å². The second kappa shape index (κ2) is 8.65. The first-order valence-electron chi connectivity index (χ1n) is 11.3. The number of halogens is 1. The summed E-state index contributed by atoms with van der Waals surface area (Å²) in [5.41, 5.74) is 3.04. The largest absolute Gasteiger partial charge is 0.332 e. The Morgan fingerprint density at radius 3 is 2.62 bits per heavy atom. The van der Waals surface area contributed by atoms with Crippen molar-refractivity contribution in [3.63, 3.8) is 0 Å². The molecule has 0 bridgehead atoms. The van der Waals surface area contributed by atoms with Crippen LogP contribution in [0.25, 0.3) is 17.2 Å². The van der Waals surface area contributed by atoms with E-state index in [0.29, 0.717) is 28.7 Å². The van der Waals surface area contributed by atoms with Crippen molar-refractivity contribution in [2.75, 3.05) is 11.4 Å². The molecule has 34 heavy (non-hydrogen) atoms. The maximum Gasteiger partial charge on any atom is 0.332 e. The highest BCUT2D eigenvalue weighted by atomic mass is 35.5. The third-order valence-corrected chi connectivity index (χ3v) is 6.78. The summed E-state index contributed by atoms with van der Waals surface area (Å²) in [6.07, 6.45) is 3.75. The topological polar surface area (TPSA) is 65.1 Å². The molecule has 5 rings (SSSR count). The summed E-state index contributed by atoms with van der Waals surface area (Å²) in [7, 11) is 1.67. The number of aryl methyl sites for hydroxylation is 1. The Hall–Kier alpha value is -3.58. The summed E-state index contributed by atoms with van der Waals surface area (Å²) in [5.74, 6) is 0.925. The Balaban J connectivity index is 1.65. The molecule has 0 amide bonds. The third kappa shape index (κ3) is 3.66. The van der Waals surface area contributed by atoms with Gasteiger partial charge in [0.05, 0.1) is 0 Å². The number of fused-ring (bicyclic) bond motifs is 3. The van der Waals surface area contributed by atoms with Crippen molar-refractivity contribution < 1.29 is 0 Å². The van der Waals surface area contributed by atoms with Gasteiger partial charge in [-0.2, -0.15) is 4.98 Å². The summed E-state index contributed by atoms with van der Waals surface area (Å²) < 4.78 is 4.68. The highest BCUT2D eigenvalue weighted by Crippen LogP contribution is 2.36. The van der Waals surface area contributed by atoms with E-state index in [0.717, 1.165) is 23.4 Å². The van der Waals surface area contributed by atoms with Crippen LogP contribution in [-0.2, 0) is 20.1 Å². The summed E-state index contributed by atoms with van der Waals surface area (Å²) in [4.78, 5) is 33.5. The Morgan fingerprint density at radius 1 is 1.09 bits per heavy atom. The maximum atomic E-state index is 13.6. The van der Waals surface area contributed by atoms with Crippen molar-refractivity contribution in [2.45, 2.75) is 26.9 Å². The van der Waals surface area contributed by atoms with Crippen LogP contribution >= 0.6 is 11.6 Å². The lowest BCUT2D eigenvalue weighted by atomic mass is 10.1. The fraction of sp³-hybridized carbons (Fsp3) is 0.269. The van der Waals surface area contributed by atoms with E-state index in [2.05, 4.69) is 11.8 Å². The van der Waals surface area contributed by atoms with E-state index in [9.17, 15) is 9.59 Å². The number of imidazole rings is 1. The third-order valence-electron chi connectivity index (χ3n) is 6.37. The van der Waals surface area contributed by atoms with Gasteiger partial charge in [-0.25, -0.2) is 4.79 Å². The van der Waals surface area contributed by atoms with Gasteiger partial charge in [-0.05, 0) is 36.1 Å². The second-order valence-electron chi connectivity index (χ2n) is 8.86. The molecule has 4 aromatic rings. The van der Waals surface area contributed by atoms with Crippen molar-refractivity contribution in [1.29, 1.82) is 0 Å². The summed E-state index contributed by atoms with van der Waals surface area (Å²) in [5, 5.41) is 0.679. The number of allylic oxidation sites excluding steroid dienone is 1. The molecule has 0 fully saturated rings. The van der Waals surface area contributed by atoms with Gasteiger partial charge in [-0.3, -0.25) is 13.9 Å². The number of benzene rings is 2. The molecular weight excluding hydrogens is 450 g/mol. The minimum Gasteiger partial charge on any atom is -0.311 e. The molecule has 3 heterocycles. The van der Waals surface area contributed by atoms with Crippen LogP contribution in [0.3, 0.4) is 0 Å². The van der Waals surface area contributed by atoms with E-state index in [1.165, 1.54) is 9.13 Å². The molecule has 1 aliphatic heterocycles. The molecule has 8 heteroatoms. The molecule has 0 radical (unpaired) electrons. The van der Waals surface area contributed by atoms with Gasteiger partial charge in [0.1, 0.15) is 0 Å². The van der Waals surface area contributed by atoms with Gasteiger partial charge < -0.3 is 9.47 Å². The lowest BCUT2D eigenvalue weighted by Gasteiger charge is -2.34. The zero-order valence-corrected chi connectivity index (χ0v) is 20.2. The van der Waals surface area contributed by atoms with Crippen molar-refractivity contribution in [3.05, 3.63) is 91.6 Å².